The third-order valence-electron chi connectivity index (χ3n) is 3.99. The predicted octanol–water partition coefficient (Wildman–Crippen LogP) is 3.00. The van der Waals surface area contributed by atoms with Gasteiger partial charge in [0.1, 0.15) is 0 Å². The van der Waals surface area contributed by atoms with Gasteiger partial charge in [0, 0.05) is 11.7 Å². The lowest BCUT2D eigenvalue weighted by Crippen LogP contribution is -2.26. The topological polar surface area (TPSA) is 58.2 Å². The van der Waals surface area contributed by atoms with Crippen LogP contribution in [0.1, 0.15) is 29.5 Å². The molecule has 0 aliphatic heterocycles. The highest BCUT2D eigenvalue weighted by Crippen LogP contribution is 2.19. The molecule has 0 atom stereocenters. The molecule has 2 aromatic carbocycles. The number of benzene rings is 2. The summed E-state index contributed by atoms with van der Waals surface area (Å²) in [6.45, 7) is 2.01. The van der Waals surface area contributed by atoms with Crippen LogP contribution >= 0.6 is 0 Å². The molecule has 124 valence electrons. The largest absolute Gasteiger partial charge is 0.353 e. The number of aryl methyl sites for hydroxylation is 1. The van der Waals surface area contributed by atoms with Crippen LogP contribution in [-0.4, -0.2) is 17.9 Å². The monoisotopic (exact) mass is 322 g/mol. The van der Waals surface area contributed by atoms with Gasteiger partial charge in [-0.2, -0.15) is 0 Å². The molecule has 2 amide bonds. The van der Waals surface area contributed by atoms with Gasteiger partial charge in [0.2, 0.25) is 11.8 Å². The van der Waals surface area contributed by atoms with Crippen LogP contribution in [0.3, 0.4) is 0 Å². The Morgan fingerprint density at radius 2 is 1.67 bits per heavy atom. The van der Waals surface area contributed by atoms with Gasteiger partial charge in [0.05, 0.1) is 12.8 Å². The van der Waals surface area contributed by atoms with Gasteiger partial charge in [-0.05, 0) is 43.0 Å². The molecular weight excluding hydrogens is 300 g/mol. The van der Waals surface area contributed by atoms with Gasteiger partial charge in [-0.1, -0.05) is 42.0 Å². The molecule has 0 unspecified atom stereocenters. The van der Waals surface area contributed by atoms with Crippen molar-refractivity contribution in [2.24, 2.45) is 0 Å². The van der Waals surface area contributed by atoms with Crippen LogP contribution in [-0.2, 0) is 22.4 Å². The average Bonchev–Trinajstić information content (AvgIpc) is 3.33. The van der Waals surface area contributed by atoms with Crippen molar-refractivity contribution in [2.45, 2.75) is 38.6 Å². The SMILES string of the molecule is Cc1cccc(CC(=O)Nc2ccc(CC(=O)NC3CC3)cc2)c1. The van der Waals surface area contributed by atoms with Crippen LogP contribution < -0.4 is 10.6 Å². The van der Waals surface area contributed by atoms with E-state index in [9.17, 15) is 9.59 Å². The molecule has 4 heteroatoms. The first-order valence-corrected chi connectivity index (χ1v) is 8.32. The van der Waals surface area contributed by atoms with Crippen LogP contribution in [0.5, 0.6) is 0 Å². The summed E-state index contributed by atoms with van der Waals surface area (Å²) in [6, 6.07) is 15.8. The quantitative estimate of drug-likeness (QED) is 0.859. The lowest BCUT2D eigenvalue weighted by Gasteiger charge is -2.08. The maximum Gasteiger partial charge on any atom is 0.228 e. The zero-order valence-electron chi connectivity index (χ0n) is 13.8. The molecule has 0 spiro atoms. The molecule has 0 bridgehead atoms. The van der Waals surface area contributed by atoms with Gasteiger partial charge in [-0.25, -0.2) is 0 Å². The van der Waals surface area contributed by atoms with Crippen LogP contribution in [0.15, 0.2) is 48.5 Å². The van der Waals surface area contributed by atoms with Crippen LogP contribution in [0, 0.1) is 6.92 Å². The van der Waals surface area contributed by atoms with E-state index in [-0.39, 0.29) is 11.8 Å². The van der Waals surface area contributed by atoms with Gasteiger partial charge in [0.25, 0.3) is 0 Å². The summed E-state index contributed by atoms with van der Waals surface area (Å²) in [5, 5.41) is 5.87. The second-order valence-electron chi connectivity index (χ2n) is 6.43. The normalized spacial score (nSPS) is 13.4. The molecular formula is C20H22N2O2. The van der Waals surface area contributed by atoms with E-state index in [2.05, 4.69) is 10.6 Å². The molecule has 1 aliphatic carbocycles. The lowest BCUT2D eigenvalue weighted by molar-refractivity contribution is -0.120. The summed E-state index contributed by atoms with van der Waals surface area (Å²) in [5.41, 5.74) is 3.85. The molecule has 0 aromatic heterocycles. The number of hydrogen-bond acceptors (Lipinski definition) is 2. The fourth-order valence-electron chi connectivity index (χ4n) is 2.61. The molecule has 24 heavy (non-hydrogen) atoms. The van der Waals surface area contributed by atoms with Crippen LogP contribution in [0.25, 0.3) is 0 Å². The van der Waals surface area contributed by atoms with E-state index >= 15 is 0 Å². The van der Waals surface area contributed by atoms with Crippen molar-refractivity contribution in [1.82, 2.24) is 5.32 Å². The van der Waals surface area contributed by atoms with Gasteiger partial charge in [-0.15, -0.1) is 0 Å². The highest BCUT2D eigenvalue weighted by molar-refractivity contribution is 5.92. The second kappa shape index (κ2) is 7.30. The average molecular weight is 322 g/mol. The molecule has 2 N–H and O–H groups in total. The summed E-state index contributed by atoms with van der Waals surface area (Å²) in [6.07, 6.45) is 2.93. The Hall–Kier alpha value is -2.62. The van der Waals surface area contributed by atoms with E-state index in [1.54, 1.807) is 0 Å². The number of carbonyl (C=O) groups excluding carboxylic acids is 2. The fraction of sp³-hybridized carbons (Fsp3) is 0.300. The number of nitrogens with one attached hydrogen (secondary N) is 2. The highest BCUT2D eigenvalue weighted by atomic mass is 16.2. The summed E-state index contributed by atoms with van der Waals surface area (Å²) in [5.74, 6) is 0.0218. The van der Waals surface area contributed by atoms with E-state index in [1.165, 1.54) is 0 Å². The summed E-state index contributed by atoms with van der Waals surface area (Å²) in [4.78, 5) is 23.9. The Labute approximate surface area is 142 Å². The maximum absolute atomic E-state index is 12.1. The van der Waals surface area contributed by atoms with Crippen molar-refractivity contribution in [1.29, 1.82) is 0 Å². The summed E-state index contributed by atoms with van der Waals surface area (Å²) >= 11 is 0. The van der Waals surface area contributed by atoms with E-state index < -0.39 is 0 Å². The Bertz CT molecular complexity index is 734. The minimum Gasteiger partial charge on any atom is -0.353 e. The number of rotatable bonds is 6. The molecule has 0 radical (unpaired) electrons. The van der Waals surface area contributed by atoms with E-state index in [0.717, 1.165) is 35.2 Å². The number of anilines is 1. The maximum atomic E-state index is 12.1. The lowest BCUT2D eigenvalue weighted by atomic mass is 10.1. The Morgan fingerprint density at radius 1 is 0.958 bits per heavy atom. The minimum absolute atomic E-state index is 0.0418. The predicted molar refractivity (Wildman–Crippen MR) is 94.8 cm³/mol. The standard InChI is InChI=1S/C20H22N2O2/c1-14-3-2-4-16(11-14)13-20(24)21-17-7-5-15(6-8-17)12-19(23)22-18-9-10-18/h2-8,11,18H,9-10,12-13H2,1H3,(H,21,24)(H,22,23). The zero-order valence-corrected chi connectivity index (χ0v) is 13.8. The Balaban J connectivity index is 1.51. The summed E-state index contributed by atoms with van der Waals surface area (Å²) in [7, 11) is 0. The van der Waals surface area contributed by atoms with E-state index in [4.69, 9.17) is 0 Å². The first kappa shape index (κ1) is 16.2. The molecule has 4 nitrogen and oxygen atoms in total. The van der Waals surface area contributed by atoms with Gasteiger partial charge in [-0.3, -0.25) is 9.59 Å². The molecule has 2 aromatic rings. The fourth-order valence-corrected chi connectivity index (χ4v) is 2.61. The third-order valence-corrected chi connectivity index (χ3v) is 3.99. The van der Waals surface area contributed by atoms with Crippen molar-refractivity contribution in [2.75, 3.05) is 5.32 Å². The van der Waals surface area contributed by atoms with Gasteiger partial charge in [0.15, 0.2) is 0 Å². The Morgan fingerprint density at radius 3 is 2.33 bits per heavy atom. The van der Waals surface area contributed by atoms with Crippen molar-refractivity contribution < 1.29 is 9.59 Å². The molecule has 0 heterocycles. The van der Waals surface area contributed by atoms with Gasteiger partial charge < -0.3 is 10.6 Å². The first-order valence-electron chi connectivity index (χ1n) is 8.32. The number of amides is 2. The molecule has 1 saturated carbocycles. The first-order chi connectivity index (χ1) is 11.6. The van der Waals surface area contributed by atoms with Gasteiger partial charge >= 0.3 is 0 Å². The van der Waals surface area contributed by atoms with E-state index in [1.807, 2.05) is 55.5 Å². The molecule has 3 rings (SSSR count). The van der Waals surface area contributed by atoms with Crippen molar-refractivity contribution in [3.8, 4) is 0 Å². The second-order valence-corrected chi connectivity index (χ2v) is 6.43. The van der Waals surface area contributed by atoms with E-state index in [0.29, 0.717) is 18.9 Å². The number of hydrogen-bond donors (Lipinski definition) is 2. The van der Waals surface area contributed by atoms with Crippen LogP contribution in [0.2, 0.25) is 0 Å². The highest BCUT2D eigenvalue weighted by Gasteiger charge is 2.22. The third kappa shape index (κ3) is 4.95. The number of carbonyl (C=O) groups is 2. The smallest absolute Gasteiger partial charge is 0.228 e. The van der Waals surface area contributed by atoms with Crippen LogP contribution in [0.4, 0.5) is 5.69 Å². The summed E-state index contributed by atoms with van der Waals surface area (Å²) < 4.78 is 0. The molecule has 1 fully saturated rings. The zero-order chi connectivity index (χ0) is 16.9. The van der Waals surface area contributed by atoms with Crippen molar-refractivity contribution in [3.63, 3.8) is 0 Å². The van der Waals surface area contributed by atoms with Crippen molar-refractivity contribution >= 4 is 17.5 Å². The molecule has 0 saturated heterocycles. The van der Waals surface area contributed by atoms with Crippen molar-refractivity contribution in [3.05, 3.63) is 65.2 Å². The minimum atomic E-state index is -0.0418. The Kier molecular flexibility index (Phi) is 4.94. The molecule has 1 aliphatic rings.